The predicted octanol–water partition coefficient (Wildman–Crippen LogP) is 2.35. The van der Waals surface area contributed by atoms with Gasteiger partial charge in [-0.25, -0.2) is 9.78 Å². The fourth-order valence-electron chi connectivity index (χ4n) is 1.14. The highest BCUT2D eigenvalue weighted by Gasteiger charge is 2.01. The summed E-state index contributed by atoms with van der Waals surface area (Å²) in [6.45, 7) is 2.12. The molecule has 4 nitrogen and oxygen atoms in total. The van der Waals surface area contributed by atoms with Crippen LogP contribution in [0.3, 0.4) is 0 Å². The maximum absolute atomic E-state index is 11.1. The first kappa shape index (κ1) is 12.5. The van der Waals surface area contributed by atoms with Gasteiger partial charge < -0.3 is 10.1 Å². The average molecular weight is 241 g/mol. The number of carbonyl (C=O) groups excluding carboxylic acids is 1. The Morgan fingerprint density at radius 1 is 1.69 bits per heavy atom. The Balaban J connectivity index is 2.84. The number of nitrogens with one attached hydrogen (secondary N) is 1. The first-order valence-corrected chi connectivity index (χ1v) is 5.23. The van der Waals surface area contributed by atoms with Gasteiger partial charge in [0.1, 0.15) is 5.15 Å². The Labute approximate surface area is 99.3 Å². The summed E-state index contributed by atoms with van der Waals surface area (Å²) in [4.78, 5) is 15.0. The van der Waals surface area contributed by atoms with Gasteiger partial charge in [0.05, 0.1) is 6.61 Å². The minimum Gasteiger partial charge on any atom is -0.463 e. The molecule has 16 heavy (non-hydrogen) atoms. The molecule has 0 unspecified atom stereocenters. The van der Waals surface area contributed by atoms with Crippen molar-refractivity contribution in [3.8, 4) is 0 Å². The summed E-state index contributed by atoms with van der Waals surface area (Å²) in [6.07, 6.45) is 4.58. The minimum absolute atomic E-state index is 0.362. The van der Waals surface area contributed by atoms with Crippen LogP contribution in [0.15, 0.2) is 18.3 Å². The van der Waals surface area contributed by atoms with E-state index >= 15 is 0 Å². The molecule has 0 atom stereocenters. The van der Waals surface area contributed by atoms with Crippen LogP contribution in [0.25, 0.3) is 6.08 Å². The molecule has 5 heteroatoms. The van der Waals surface area contributed by atoms with Crippen molar-refractivity contribution in [2.45, 2.75) is 6.92 Å². The van der Waals surface area contributed by atoms with Gasteiger partial charge in [0.2, 0.25) is 0 Å². The van der Waals surface area contributed by atoms with Crippen LogP contribution in [-0.4, -0.2) is 24.6 Å². The van der Waals surface area contributed by atoms with E-state index in [0.717, 1.165) is 11.3 Å². The van der Waals surface area contributed by atoms with Gasteiger partial charge in [-0.05, 0) is 19.1 Å². The van der Waals surface area contributed by atoms with Crippen molar-refractivity contribution in [3.63, 3.8) is 0 Å². The van der Waals surface area contributed by atoms with Crippen molar-refractivity contribution >= 4 is 29.3 Å². The van der Waals surface area contributed by atoms with Crippen LogP contribution in [-0.2, 0) is 9.53 Å². The fourth-order valence-corrected chi connectivity index (χ4v) is 1.30. The van der Waals surface area contributed by atoms with Crippen LogP contribution >= 0.6 is 11.6 Å². The molecule has 0 amide bonds. The number of anilines is 1. The summed E-state index contributed by atoms with van der Waals surface area (Å²) in [5.41, 5.74) is 1.58. The second-order valence-corrected chi connectivity index (χ2v) is 3.32. The first-order valence-electron chi connectivity index (χ1n) is 4.85. The number of hydrogen-bond acceptors (Lipinski definition) is 4. The van der Waals surface area contributed by atoms with Crippen molar-refractivity contribution in [2.24, 2.45) is 0 Å². The maximum atomic E-state index is 11.1. The number of pyridine rings is 1. The molecular formula is C11H13ClN2O2. The summed E-state index contributed by atoms with van der Waals surface area (Å²) < 4.78 is 4.77. The monoisotopic (exact) mass is 240 g/mol. The molecule has 86 valence electrons. The number of hydrogen-bond donors (Lipinski definition) is 1. The van der Waals surface area contributed by atoms with Crippen LogP contribution in [0, 0.1) is 0 Å². The molecule has 0 aromatic carbocycles. The van der Waals surface area contributed by atoms with Crippen LogP contribution < -0.4 is 5.32 Å². The van der Waals surface area contributed by atoms with Gasteiger partial charge in [-0.2, -0.15) is 0 Å². The fraction of sp³-hybridized carbons (Fsp3) is 0.273. The standard InChI is InChI=1S/C11H13ClN2O2/c1-3-16-11(15)5-4-8-7-14-10(12)6-9(8)13-2/h4-7H,3H2,1-2H3,(H,13,14). The Morgan fingerprint density at radius 3 is 3.06 bits per heavy atom. The van der Waals surface area contributed by atoms with Gasteiger partial charge in [0.25, 0.3) is 0 Å². The number of nitrogens with zero attached hydrogens (tertiary/aromatic N) is 1. The van der Waals surface area contributed by atoms with E-state index in [1.165, 1.54) is 6.08 Å². The highest BCUT2D eigenvalue weighted by molar-refractivity contribution is 6.29. The number of ether oxygens (including phenoxy) is 1. The van der Waals surface area contributed by atoms with E-state index < -0.39 is 0 Å². The lowest BCUT2D eigenvalue weighted by atomic mass is 10.2. The number of esters is 1. The zero-order chi connectivity index (χ0) is 12.0. The van der Waals surface area contributed by atoms with Crippen molar-refractivity contribution in [1.82, 2.24) is 4.98 Å². The molecule has 1 rings (SSSR count). The summed E-state index contributed by atoms with van der Waals surface area (Å²) in [5, 5.41) is 3.36. The Kier molecular flexibility index (Phi) is 4.79. The van der Waals surface area contributed by atoms with Gasteiger partial charge >= 0.3 is 5.97 Å². The van der Waals surface area contributed by atoms with Crippen LogP contribution in [0.5, 0.6) is 0 Å². The summed E-state index contributed by atoms with van der Waals surface area (Å²) in [6, 6.07) is 1.69. The molecule has 0 saturated carbocycles. The predicted molar refractivity (Wildman–Crippen MR) is 64.5 cm³/mol. The molecule has 0 saturated heterocycles. The van der Waals surface area contributed by atoms with Gasteiger partial charge in [-0.15, -0.1) is 0 Å². The zero-order valence-corrected chi connectivity index (χ0v) is 9.91. The third-order valence-corrected chi connectivity index (χ3v) is 2.06. The number of carbonyl (C=O) groups is 1. The van der Waals surface area contributed by atoms with E-state index in [1.807, 2.05) is 0 Å². The third kappa shape index (κ3) is 3.55. The number of rotatable bonds is 4. The Bertz CT molecular complexity index is 405. The van der Waals surface area contributed by atoms with Gasteiger partial charge in [-0.3, -0.25) is 0 Å². The average Bonchev–Trinajstić information content (AvgIpc) is 2.27. The highest BCUT2D eigenvalue weighted by Crippen LogP contribution is 2.19. The van der Waals surface area contributed by atoms with E-state index in [0.29, 0.717) is 11.8 Å². The molecule has 0 spiro atoms. The second-order valence-electron chi connectivity index (χ2n) is 2.93. The second kappa shape index (κ2) is 6.12. The molecule has 0 aliphatic carbocycles. The largest absolute Gasteiger partial charge is 0.463 e. The molecule has 0 bridgehead atoms. The van der Waals surface area contributed by atoms with Crippen molar-refractivity contribution < 1.29 is 9.53 Å². The molecule has 0 aliphatic rings. The molecule has 1 aromatic heterocycles. The lowest BCUT2D eigenvalue weighted by Gasteiger charge is -2.04. The van der Waals surface area contributed by atoms with E-state index in [9.17, 15) is 4.79 Å². The molecule has 0 radical (unpaired) electrons. The van der Waals surface area contributed by atoms with Gasteiger partial charge in [-0.1, -0.05) is 11.6 Å². The summed E-state index contributed by atoms with van der Waals surface area (Å²) in [7, 11) is 1.77. The third-order valence-electron chi connectivity index (χ3n) is 1.86. The van der Waals surface area contributed by atoms with Crippen molar-refractivity contribution in [1.29, 1.82) is 0 Å². The smallest absolute Gasteiger partial charge is 0.330 e. The van der Waals surface area contributed by atoms with E-state index in [2.05, 4.69) is 10.3 Å². The number of aromatic nitrogens is 1. The topological polar surface area (TPSA) is 51.2 Å². The van der Waals surface area contributed by atoms with E-state index in [-0.39, 0.29) is 5.97 Å². The van der Waals surface area contributed by atoms with Crippen LogP contribution in [0.1, 0.15) is 12.5 Å². The molecule has 1 heterocycles. The summed E-state index contributed by atoms with van der Waals surface area (Å²) in [5.74, 6) is -0.375. The zero-order valence-electron chi connectivity index (χ0n) is 9.16. The Hall–Kier alpha value is -1.55. The lowest BCUT2D eigenvalue weighted by molar-refractivity contribution is -0.137. The number of halogens is 1. The van der Waals surface area contributed by atoms with Crippen LogP contribution in [0.4, 0.5) is 5.69 Å². The Morgan fingerprint density at radius 2 is 2.44 bits per heavy atom. The van der Waals surface area contributed by atoms with Crippen LogP contribution in [0.2, 0.25) is 5.15 Å². The quantitative estimate of drug-likeness (QED) is 0.499. The minimum atomic E-state index is -0.375. The van der Waals surface area contributed by atoms with E-state index in [1.54, 1.807) is 32.3 Å². The summed E-state index contributed by atoms with van der Waals surface area (Å²) >= 11 is 5.74. The lowest BCUT2D eigenvalue weighted by Crippen LogP contribution is -1.99. The normalized spacial score (nSPS) is 10.4. The van der Waals surface area contributed by atoms with Gasteiger partial charge in [0.15, 0.2) is 0 Å². The molecule has 1 aromatic rings. The molecular weight excluding hydrogens is 228 g/mol. The van der Waals surface area contributed by atoms with Crippen molar-refractivity contribution in [3.05, 3.63) is 29.1 Å². The molecule has 0 aliphatic heterocycles. The van der Waals surface area contributed by atoms with Crippen molar-refractivity contribution in [2.75, 3.05) is 19.0 Å². The first-order chi connectivity index (χ1) is 7.67. The highest BCUT2D eigenvalue weighted by atomic mass is 35.5. The van der Waals surface area contributed by atoms with Gasteiger partial charge in [0, 0.05) is 30.6 Å². The molecule has 0 fully saturated rings. The van der Waals surface area contributed by atoms with E-state index in [4.69, 9.17) is 16.3 Å². The molecule has 1 N–H and O–H groups in total. The maximum Gasteiger partial charge on any atom is 0.330 e. The SMILES string of the molecule is CCOC(=O)C=Cc1cnc(Cl)cc1NC.